The van der Waals surface area contributed by atoms with E-state index in [4.69, 9.17) is 10.5 Å². The van der Waals surface area contributed by atoms with Crippen molar-refractivity contribution >= 4 is 29.7 Å². The fourth-order valence-electron chi connectivity index (χ4n) is 3.45. The molecule has 1 aliphatic heterocycles. The van der Waals surface area contributed by atoms with Gasteiger partial charge in [-0.25, -0.2) is 9.59 Å². The Morgan fingerprint density at radius 2 is 1.80 bits per heavy atom. The van der Waals surface area contributed by atoms with Gasteiger partial charge >= 0.3 is 18.1 Å². The van der Waals surface area contributed by atoms with Crippen LogP contribution >= 0.6 is 0 Å². The van der Waals surface area contributed by atoms with Gasteiger partial charge in [0.1, 0.15) is 11.9 Å². The molecule has 2 atom stereocenters. The number of nitrogens with two attached hydrogens (primary N) is 1. The number of carbonyl (C=O) groups is 4. The van der Waals surface area contributed by atoms with Gasteiger partial charge in [0.05, 0.1) is 0 Å². The zero-order chi connectivity index (χ0) is 22.1. The molecule has 0 aliphatic carbocycles. The van der Waals surface area contributed by atoms with Crippen LogP contribution in [0.2, 0.25) is 0 Å². The van der Waals surface area contributed by atoms with Gasteiger partial charge in [0.15, 0.2) is 5.54 Å². The lowest BCUT2D eigenvalue weighted by molar-refractivity contribution is -0.137. The van der Waals surface area contributed by atoms with Gasteiger partial charge < -0.3 is 20.9 Å². The number of benzene rings is 2. The summed E-state index contributed by atoms with van der Waals surface area (Å²) in [5.41, 5.74) is 4.82. The molecule has 2 aromatic carbocycles. The summed E-state index contributed by atoms with van der Waals surface area (Å²) in [6, 6.07) is 13.4. The van der Waals surface area contributed by atoms with Crippen LogP contribution < -0.4 is 20.7 Å². The molecule has 3 rings (SSSR count). The number of imide groups is 1. The Balaban J connectivity index is 2.22. The first-order valence-corrected chi connectivity index (χ1v) is 8.90. The number of esters is 1. The summed E-state index contributed by atoms with van der Waals surface area (Å²) in [5, 5.41) is 11.7. The van der Waals surface area contributed by atoms with Crippen LogP contribution in [0.15, 0.2) is 54.6 Å². The van der Waals surface area contributed by atoms with Crippen LogP contribution in [0.3, 0.4) is 0 Å². The quantitative estimate of drug-likeness (QED) is 0.510. The number of rotatable bonds is 4. The summed E-state index contributed by atoms with van der Waals surface area (Å²) >= 11 is 0. The number of likely N-dealkylation sites (N-methyl/N-ethyl adjacent to an activating group) is 1. The van der Waals surface area contributed by atoms with Gasteiger partial charge in [-0.1, -0.05) is 30.3 Å². The van der Waals surface area contributed by atoms with Crippen molar-refractivity contribution in [3.05, 3.63) is 60.2 Å². The summed E-state index contributed by atoms with van der Waals surface area (Å²) in [4.78, 5) is 51.1. The number of hydrogen-bond donors (Lipinski definition) is 3. The first-order valence-electron chi connectivity index (χ1n) is 8.90. The van der Waals surface area contributed by atoms with Gasteiger partial charge in [0.25, 0.3) is 5.91 Å². The average Bonchev–Trinajstić information content (AvgIpc) is 2.70. The summed E-state index contributed by atoms with van der Waals surface area (Å²) in [6.07, 6.45) is -2.95. The first-order chi connectivity index (χ1) is 14.2. The second-order valence-electron chi connectivity index (χ2n) is 6.66. The van der Waals surface area contributed by atoms with Gasteiger partial charge in [0.2, 0.25) is 0 Å². The molecule has 10 nitrogen and oxygen atoms in total. The van der Waals surface area contributed by atoms with E-state index in [1.165, 1.54) is 38.2 Å². The number of amides is 4. The number of carboxylic acid groups (broad SMARTS) is 1. The summed E-state index contributed by atoms with van der Waals surface area (Å²) in [7, 11) is 1.24. The van der Waals surface area contributed by atoms with Crippen molar-refractivity contribution in [2.45, 2.75) is 18.6 Å². The Morgan fingerprint density at radius 1 is 1.13 bits per heavy atom. The van der Waals surface area contributed by atoms with Crippen LogP contribution in [-0.2, 0) is 15.1 Å². The Hall–Kier alpha value is -3.92. The molecule has 30 heavy (non-hydrogen) atoms. The molecule has 0 saturated carbocycles. The van der Waals surface area contributed by atoms with E-state index in [2.05, 4.69) is 5.32 Å². The number of carbonyl (C=O) groups excluding carboxylic acids is 3. The number of ether oxygens (including phenoxy) is 1. The minimum Gasteiger partial charge on any atom is -0.465 e. The van der Waals surface area contributed by atoms with Crippen LogP contribution in [0.1, 0.15) is 12.5 Å². The molecular weight excluding hydrogens is 392 g/mol. The highest BCUT2D eigenvalue weighted by Crippen LogP contribution is 2.37. The SMILES string of the molecule is CC(=O)Oc1cccc(C2(NC(=O)O)C(=O)N(C)C(=O)N(c3ccccc3)C2N)c1. The molecule has 156 valence electrons. The van der Waals surface area contributed by atoms with Crippen molar-refractivity contribution in [3.63, 3.8) is 0 Å². The largest absolute Gasteiger partial charge is 0.465 e. The highest BCUT2D eigenvalue weighted by molar-refractivity contribution is 6.11. The molecule has 2 aromatic rings. The van der Waals surface area contributed by atoms with Crippen molar-refractivity contribution in [2.24, 2.45) is 5.73 Å². The van der Waals surface area contributed by atoms with Crippen molar-refractivity contribution < 1.29 is 29.0 Å². The molecule has 4 N–H and O–H groups in total. The Kier molecular flexibility index (Phi) is 5.43. The lowest BCUT2D eigenvalue weighted by Gasteiger charge is -2.49. The van der Waals surface area contributed by atoms with E-state index in [9.17, 15) is 24.3 Å². The minimum absolute atomic E-state index is 0.0948. The summed E-state index contributed by atoms with van der Waals surface area (Å²) in [6.45, 7) is 1.21. The first kappa shape index (κ1) is 20.8. The number of nitrogens with one attached hydrogen (secondary N) is 1. The van der Waals surface area contributed by atoms with E-state index in [0.717, 1.165) is 9.80 Å². The van der Waals surface area contributed by atoms with Crippen molar-refractivity contribution in [1.82, 2.24) is 10.2 Å². The predicted octanol–water partition coefficient (Wildman–Crippen LogP) is 1.46. The third-order valence-corrected chi connectivity index (χ3v) is 4.75. The number of urea groups is 1. The van der Waals surface area contributed by atoms with E-state index in [0.29, 0.717) is 5.69 Å². The molecule has 2 unspecified atom stereocenters. The van der Waals surface area contributed by atoms with Crippen molar-refractivity contribution in [2.75, 3.05) is 11.9 Å². The molecule has 1 aliphatic rings. The van der Waals surface area contributed by atoms with Crippen molar-refractivity contribution in [1.29, 1.82) is 0 Å². The molecule has 10 heteroatoms. The normalized spacial score (nSPS) is 21.4. The standard InChI is InChI=1S/C20H20N4O6/c1-12(25)30-15-10-6-7-13(11-15)20(22-18(27)28)16(21)24(14-8-4-3-5-9-14)19(29)23(2)17(20)26/h3-11,16,22H,21H2,1-2H3,(H,27,28). The van der Waals surface area contributed by atoms with Gasteiger partial charge in [-0.3, -0.25) is 19.4 Å². The molecular formula is C20H20N4O6. The molecule has 0 aromatic heterocycles. The maximum Gasteiger partial charge on any atom is 0.405 e. The van der Waals surface area contributed by atoms with E-state index >= 15 is 0 Å². The molecule has 0 bridgehead atoms. The van der Waals surface area contributed by atoms with Crippen LogP contribution in [0.5, 0.6) is 5.75 Å². The van der Waals surface area contributed by atoms with Crippen LogP contribution in [0, 0.1) is 0 Å². The maximum absolute atomic E-state index is 13.3. The molecule has 4 amide bonds. The minimum atomic E-state index is -2.06. The van der Waals surface area contributed by atoms with Gasteiger partial charge in [-0.05, 0) is 29.8 Å². The van der Waals surface area contributed by atoms with E-state index in [1.807, 2.05) is 0 Å². The third-order valence-electron chi connectivity index (χ3n) is 4.75. The molecule has 1 saturated heterocycles. The molecule has 0 spiro atoms. The second kappa shape index (κ2) is 7.84. The number of hydrogen-bond acceptors (Lipinski definition) is 6. The van der Waals surface area contributed by atoms with Gasteiger partial charge in [-0.2, -0.15) is 0 Å². The van der Waals surface area contributed by atoms with Gasteiger partial charge in [0, 0.05) is 19.7 Å². The highest BCUT2D eigenvalue weighted by Gasteiger charge is 2.58. The Labute approximate surface area is 171 Å². The topological polar surface area (TPSA) is 142 Å². The van der Waals surface area contributed by atoms with E-state index < -0.39 is 35.7 Å². The van der Waals surface area contributed by atoms with Crippen molar-refractivity contribution in [3.8, 4) is 5.75 Å². The summed E-state index contributed by atoms with van der Waals surface area (Å²) in [5.74, 6) is -1.36. The van der Waals surface area contributed by atoms with Crippen LogP contribution in [-0.4, -0.2) is 47.2 Å². The van der Waals surface area contributed by atoms with Crippen LogP contribution in [0.4, 0.5) is 15.3 Å². The zero-order valence-corrected chi connectivity index (χ0v) is 16.2. The molecule has 1 heterocycles. The van der Waals surface area contributed by atoms with Crippen LogP contribution in [0.25, 0.3) is 0 Å². The fraction of sp³-hybridized carbons (Fsp3) is 0.200. The number of anilines is 1. The lowest BCUT2D eigenvalue weighted by atomic mass is 9.82. The van der Waals surface area contributed by atoms with E-state index in [1.54, 1.807) is 30.3 Å². The predicted molar refractivity (Wildman–Crippen MR) is 106 cm³/mol. The average molecular weight is 412 g/mol. The summed E-state index contributed by atoms with van der Waals surface area (Å²) < 4.78 is 5.07. The number of nitrogens with zero attached hydrogens (tertiary/aromatic N) is 2. The van der Waals surface area contributed by atoms with Gasteiger partial charge in [-0.15, -0.1) is 0 Å². The Morgan fingerprint density at radius 3 is 2.40 bits per heavy atom. The lowest BCUT2D eigenvalue weighted by Crippen LogP contribution is -2.76. The smallest absolute Gasteiger partial charge is 0.405 e. The number of para-hydroxylation sites is 1. The van der Waals surface area contributed by atoms with E-state index in [-0.39, 0.29) is 11.3 Å². The monoisotopic (exact) mass is 412 g/mol. The third kappa shape index (κ3) is 3.44. The maximum atomic E-state index is 13.3. The fourth-order valence-corrected chi connectivity index (χ4v) is 3.45. The highest BCUT2D eigenvalue weighted by atomic mass is 16.5. The molecule has 0 radical (unpaired) electrons. The second-order valence-corrected chi connectivity index (χ2v) is 6.66. The Bertz CT molecular complexity index is 1010. The zero-order valence-electron chi connectivity index (χ0n) is 16.2. The molecule has 1 fully saturated rings.